The van der Waals surface area contributed by atoms with E-state index in [0.717, 1.165) is 0 Å². The van der Waals surface area contributed by atoms with Crippen LogP contribution in [0.1, 0.15) is 25.7 Å². The number of carboxylic acid groups (broad SMARTS) is 1. The average Bonchev–Trinajstić information content (AvgIpc) is 2.27. The molecule has 0 spiro atoms. The predicted molar refractivity (Wildman–Crippen MR) is 60.4 cm³/mol. The summed E-state index contributed by atoms with van der Waals surface area (Å²) in [6.45, 7) is -1.59. The fraction of sp³-hybridized carbons (Fsp3) is 0.818. The Morgan fingerprint density at radius 3 is 2.21 bits per heavy atom. The van der Waals surface area contributed by atoms with Crippen molar-refractivity contribution in [2.45, 2.75) is 37.9 Å². The highest BCUT2D eigenvalue weighted by atomic mass is 19.4. The van der Waals surface area contributed by atoms with Crippen LogP contribution >= 0.6 is 0 Å². The fourth-order valence-corrected chi connectivity index (χ4v) is 2.08. The van der Waals surface area contributed by atoms with Crippen LogP contribution in [0.15, 0.2) is 0 Å². The van der Waals surface area contributed by atoms with Crippen LogP contribution in [0.4, 0.5) is 13.2 Å². The topological polar surface area (TPSA) is 78.4 Å². The third-order valence-electron chi connectivity index (χ3n) is 3.05. The van der Waals surface area contributed by atoms with Gasteiger partial charge >= 0.3 is 12.1 Å². The van der Waals surface area contributed by atoms with Gasteiger partial charge in [-0.2, -0.15) is 13.2 Å². The van der Waals surface area contributed by atoms with Gasteiger partial charge in [0.25, 0.3) is 0 Å². The number of aliphatic carboxylic acids is 1. The lowest BCUT2D eigenvalue weighted by Gasteiger charge is -2.26. The van der Waals surface area contributed by atoms with Crippen LogP contribution in [-0.4, -0.2) is 42.3 Å². The van der Waals surface area contributed by atoms with E-state index in [9.17, 15) is 22.8 Å². The Morgan fingerprint density at radius 1 is 1.16 bits per heavy atom. The van der Waals surface area contributed by atoms with E-state index < -0.39 is 31.1 Å². The van der Waals surface area contributed by atoms with Crippen LogP contribution in [0.2, 0.25) is 0 Å². The first-order valence-corrected chi connectivity index (χ1v) is 6.07. The summed E-state index contributed by atoms with van der Waals surface area (Å²) in [5.41, 5.74) is 0. The SMILES string of the molecule is O=C(CNCC(F)(F)F)NC1CCC(C(=O)O)CC1. The van der Waals surface area contributed by atoms with Crippen LogP contribution in [0.3, 0.4) is 0 Å². The van der Waals surface area contributed by atoms with E-state index in [-0.39, 0.29) is 12.0 Å². The molecule has 0 aromatic heterocycles. The molecule has 5 nitrogen and oxygen atoms in total. The summed E-state index contributed by atoms with van der Waals surface area (Å²) in [7, 11) is 0. The smallest absolute Gasteiger partial charge is 0.401 e. The Bertz CT molecular complexity index is 326. The lowest BCUT2D eigenvalue weighted by Crippen LogP contribution is -2.44. The number of rotatable bonds is 5. The van der Waals surface area contributed by atoms with E-state index >= 15 is 0 Å². The number of amides is 1. The molecule has 19 heavy (non-hydrogen) atoms. The number of carbonyl (C=O) groups is 2. The molecule has 0 radical (unpaired) electrons. The molecular weight excluding hydrogens is 265 g/mol. The van der Waals surface area contributed by atoms with Gasteiger partial charge in [0.05, 0.1) is 19.0 Å². The maximum absolute atomic E-state index is 11.8. The van der Waals surface area contributed by atoms with Crippen molar-refractivity contribution >= 4 is 11.9 Å². The summed E-state index contributed by atoms with van der Waals surface area (Å²) in [6, 6.07) is -0.143. The first-order chi connectivity index (χ1) is 8.78. The molecule has 1 aliphatic rings. The van der Waals surface area contributed by atoms with Crippen LogP contribution in [0, 0.1) is 5.92 Å². The van der Waals surface area contributed by atoms with Gasteiger partial charge in [0.2, 0.25) is 5.91 Å². The van der Waals surface area contributed by atoms with Crippen LogP contribution in [-0.2, 0) is 9.59 Å². The molecule has 3 N–H and O–H groups in total. The molecule has 1 aliphatic carbocycles. The van der Waals surface area contributed by atoms with Gasteiger partial charge in [-0.05, 0) is 25.7 Å². The number of halogens is 3. The second-order valence-corrected chi connectivity index (χ2v) is 4.67. The second kappa shape index (κ2) is 6.74. The van der Waals surface area contributed by atoms with Crippen molar-refractivity contribution in [3.05, 3.63) is 0 Å². The predicted octanol–water partition coefficient (Wildman–Crippen LogP) is 0.898. The Hall–Kier alpha value is -1.31. The summed E-state index contributed by atoms with van der Waals surface area (Å²) in [5.74, 6) is -1.71. The van der Waals surface area contributed by atoms with Gasteiger partial charge in [0.1, 0.15) is 0 Å². The number of hydrogen-bond acceptors (Lipinski definition) is 3. The highest BCUT2D eigenvalue weighted by molar-refractivity contribution is 5.78. The van der Waals surface area contributed by atoms with E-state index in [0.29, 0.717) is 25.7 Å². The van der Waals surface area contributed by atoms with Gasteiger partial charge in [-0.15, -0.1) is 0 Å². The number of carbonyl (C=O) groups excluding carboxylic acids is 1. The number of hydrogen-bond donors (Lipinski definition) is 3. The number of nitrogens with one attached hydrogen (secondary N) is 2. The molecule has 0 bridgehead atoms. The molecule has 0 heterocycles. The average molecular weight is 282 g/mol. The lowest BCUT2D eigenvalue weighted by atomic mass is 9.86. The molecule has 0 saturated heterocycles. The van der Waals surface area contributed by atoms with Gasteiger partial charge in [0, 0.05) is 6.04 Å². The zero-order chi connectivity index (χ0) is 14.5. The Balaban J connectivity index is 2.18. The highest BCUT2D eigenvalue weighted by Gasteiger charge is 2.28. The molecule has 1 saturated carbocycles. The zero-order valence-electron chi connectivity index (χ0n) is 10.3. The van der Waals surface area contributed by atoms with Crippen molar-refractivity contribution < 1.29 is 27.9 Å². The molecule has 8 heteroatoms. The molecule has 110 valence electrons. The maximum Gasteiger partial charge on any atom is 0.401 e. The molecule has 0 aromatic rings. The minimum Gasteiger partial charge on any atom is -0.481 e. The van der Waals surface area contributed by atoms with Crippen LogP contribution in [0.5, 0.6) is 0 Å². The van der Waals surface area contributed by atoms with Gasteiger partial charge < -0.3 is 15.7 Å². The number of carboxylic acids is 1. The van der Waals surface area contributed by atoms with Crippen molar-refractivity contribution in [3.63, 3.8) is 0 Å². The van der Waals surface area contributed by atoms with Gasteiger partial charge in [0.15, 0.2) is 0 Å². The first-order valence-electron chi connectivity index (χ1n) is 6.07. The van der Waals surface area contributed by atoms with Crippen molar-refractivity contribution in [2.75, 3.05) is 13.1 Å². The first kappa shape index (κ1) is 15.7. The molecule has 0 atom stereocenters. The molecule has 0 aliphatic heterocycles. The van der Waals surface area contributed by atoms with Crippen molar-refractivity contribution in [1.82, 2.24) is 10.6 Å². The van der Waals surface area contributed by atoms with E-state index in [4.69, 9.17) is 5.11 Å². The minimum absolute atomic E-state index is 0.143. The molecule has 0 unspecified atom stereocenters. The third-order valence-corrected chi connectivity index (χ3v) is 3.05. The largest absolute Gasteiger partial charge is 0.481 e. The maximum atomic E-state index is 11.8. The molecular formula is C11H17F3N2O3. The summed E-state index contributed by atoms with van der Waals surface area (Å²) >= 11 is 0. The van der Waals surface area contributed by atoms with Gasteiger partial charge in [-0.3, -0.25) is 9.59 Å². The standard InChI is InChI=1S/C11H17F3N2O3/c12-11(13,14)6-15-5-9(17)16-8-3-1-7(2-4-8)10(18)19/h7-8,15H,1-6H2,(H,16,17)(H,18,19). The van der Waals surface area contributed by atoms with Crippen LogP contribution < -0.4 is 10.6 Å². The summed E-state index contributed by atoms with van der Waals surface area (Å²) in [6.07, 6.45) is -2.28. The Labute approximate surface area is 108 Å². The molecule has 1 fully saturated rings. The van der Waals surface area contributed by atoms with E-state index in [1.165, 1.54) is 0 Å². The zero-order valence-corrected chi connectivity index (χ0v) is 10.3. The molecule has 1 rings (SSSR count). The normalized spacial score (nSPS) is 23.9. The number of alkyl halides is 3. The molecule has 0 aromatic carbocycles. The van der Waals surface area contributed by atoms with Gasteiger partial charge in [-0.1, -0.05) is 0 Å². The lowest BCUT2D eigenvalue weighted by molar-refractivity contribution is -0.142. The molecule has 1 amide bonds. The second-order valence-electron chi connectivity index (χ2n) is 4.67. The Kier molecular flexibility index (Phi) is 5.59. The van der Waals surface area contributed by atoms with Crippen molar-refractivity contribution in [3.8, 4) is 0 Å². The van der Waals surface area contributed by atoms with Crippen molar-refractivity contribution in [1.29, 1.82) is 0 Å². The third kappa shape index (κ3) is 6.42. The minimum atomic E-state index is -4.33. The quantitative estimate of drug-likeness (QED) is 0.700. The van der Waals surface area contributed by atoms with E-state index in [1.54, 1.807) is 0 Å². The highest BCUT2D eigenvalue weighted by Crippen LogP contribution is 2.24. The van der Waals surface area contributed by atoms with E-state index in [1.807, 2.05) is 5.32 Å². The van der Waals surface area contributed by atoms with Gasteiger partial charge in [-0.25, -0.2) is 0 Å². The van der Waals surface area contributed by atoms with Crippen LogP contribution in [0.25, 0.3) is 0 Å². The summed E-state index contributed by atoms with van der Waals surface area (Å²) in [5, 5.41) is 13.4. The van der Waals surface area contributed by atoms with E-state index in [2.05, 4.69) is 5.32 Å². The van der Waals surface area contributed by atoms with Crippen molar-refractivity contribution in [2.24, 2.45) is 5.92 Å². The monoisotopic (exact) mass is 282 g/mol. The summed E-state index contributed by atoms with van der Waals surface area (Å²) in [4.78, 5) is 22.1. The summed E-state index contributed by atoms with van der Waals surface area (Å²) < 4.78 is 35.5. The fourth-order valence-electron chi connectivity index (χ4n) is 2.08. The Morgan fingerprint density at radius 2 is 1.74 bits per heavy atom.